The van der Waals surface area contributed by atoms with Gasteiger partial charge in [-0.05, 0) is 128 Å². The molecule has 0 aromatic heterocycles. The van der Waals surface area contributed by atoms with E-state index in [-0.39, 0.29) is 37.5 Å². The zero-order valence-electron chi connectivity index (χ0n) is 49.1. The highest BCUT2D eigenvalue weighted by Gasteiger charge is 2.19. The first-order valence-electron chi connectivity index (χ1n) is 30.6. The molecule has 0 aromatic carbocycles. The van der Waals surface area contributed by atoms with Crippen LogP contribution in [0.4, 0.5) is 0 Å². The summed E-state index contributed by atoms with van der Waals surface area (Å²) in [6.45, 7) is 6.29. The number of unbranched alkanes of at least 4 members (excludes halogenated alkanes) is 14. The number of hydrogen-bond donors (Lipinski definition) is 0. The summed E-state index contributed by atoms with van der Waals surface area (Å²) < 4.78 is 16.7. The zero-order valence-corrected chi connectivity index (χ0v) is 49.1. The zero-order chi connectivity index (χ0) is 55.7. The second-order valence-electron chi connectivity index (χ2n) is 19.5. The van der Waals surface area contributed by atoms with E-state index in [0.29, 0.717) is 19.3 Å². The van der Waals surface area contributed by atoms with Gasteiger partial charge < -0.3 is 14.2 Å². The van der Waals surface area contributed by atoms with Crippen molar-refractivity contribution in [1.29, 1.82) is 0 Å². The third-order valence-electron chi connectivity index (χ3n) is 12.2. The molecular formula is C71H110O6. The van der Waals surface area contributed by atoms with Crippen molar-refractivity contribution in [3.05, 3.63) is 170 Å². The van der Waals surface area contributed by atoms with Crippen molar-refractivity contribution in [2.45, 2.75) is 245 Å². The topological polar surface area (TPSA) is 78.9 Å². The van der Waals surface area contributed by atoms with E-state index in [9.17, 15) is 14.4 Å². The summed E-state index contributed by atoms with van der Waals surface area (Å²) in [6, 6.07) is 0. The summed E-state index contributed by atoms with van der Waals surface area (Å²) in [5, 5.41) is 0. The van der Waals surface area contributed by atoms with E-state index in [1.165, 1.54) is 51.4 Å². The van der Waals surface area contributed by atoms with Gasteiger partial charge in [0.2, 0.25) is 0 Å². The van der Waals surface area contributed by atoms with Crippen LogP contribution in [0.5, 0.6) is 0 Å². The molecule has 0 heterocycles. The van der Waals surface area contributed by atoms with E-state index in [0.717, 1.165) is 141 Å². The Morgan fingerprint density at radius 1 is 0.273 bits per heavy atom. The van der Waals surface area contributed by atoms with Gasteiger partial charge in [0.15, 0.2) is 6.10 Å². The molecule has 0 fully saturated rings. The van der Waals surface area contributed by atoms with Crippen molar-refractivity contribution >= 4 is 17.9 Å². The fraction of sp³-hybridized carbons (Fsp3) is 0.563. The molecule has 0 aliphatic heterocycles. The molecule has 0 saturated carbocycles. The highest BCUT2D eigenvalue weighted by Crippen LogP contribution is 2.13. The Kier molecular flexibility index (Phi) is 59.0. The summed E-state index contributed by atoms with van der Waals surface area (Å²) in [5.41, 5.74) is 0. The van der Waals surface area contributed by atoms with Gasteiger partial charge in [0.1, 0.15) is 13.2 Å². The normalized spacial score (nSPS) is 13.3. The lowest BCUT2D eigenvalue weighted by atomic mass is 10.1. The van der Waals surface area contributed by atoms with Crippen LogP contribution in [0.15, 0.2) is 170 Å². The second kappa shape index (κ2) is 63.3. The SMILES string of the molecule is CC/C=C\C/C=C\C/C=C\C/C=C\C/C=C\C/C=C\C/C=C\CCCCCCCCCC(=O)OCC(COC(=O)CCCCCCCCC)OC(=O)CCC/C=C\C/C=C\C/C=C\C/C=C\C/C=C\C/C=C\C/C=C\CC. The van der Waals surface area contributed by atoms with Crippen LogP contribution >= 0.6 is 0 Å². The van der Waals surface area contributed by atoms with Gasteiger partial charge in [-0.1, -0.05) is 262 Å². The van der Waals surface area contributed by atoms with Crippen molar-refractivity contribution in [2.75, 3.05) is 13.2 Å². The van der Waals surface area contributed by atoms with Crippen LogP contribution in [0.25, 0.3) is 0 Å². The molecule has 77 heavy (non-hydrogen) atoms. The monoisotopic (exact) mass is 1060 g/mol. The Hall–Kier alpha value is -5.23. The lowest BCUT2D eigenvalue weighted by Gasteiger charge is -2.18. The first-order chi connectivity index (χ1) is 38.0. The Balaban J connectivity index is 4.32. The van der Waals surface area contributed by atoms with E-state index >= 15 is 0 Å². The van der Waals surface area contributed by atoms with Gasteiger partial charge in [-0.25, -0.2) is 0 Å². The molecule has 1 atom stereocenters. The first kappa shape index (κ1) is 71.8. The van der Waals surface area contributed by atoms with Crippen LogP contribution in [0.2, 0.25) is 0 Å². The van der Waals surface area contributed by atoms with Gasteiger partial charge in [0, 0.05) is 19.3 Å². The van der Waals surface area contributed by atoms with Crippen molar-refractivity contribution < 1.29 is 28.6 Å². The van der Waals surface area contributed by atoms with Crippen molar-refractivity contribution in [2.24, 2.45) is 0 Å². The molecule has 6 heteroatoms. The summed E-state index contributed by atoms with van der Waals surface area (Å²) in [6.07, 6.45) is 93.8. The molecule has 0 radical (unpaired) electrons. The van der Waals surface area contributed by atoms with Gasteiger partial charge in [-0.3, -0.25) is 14.4 Å². The van der Waals surface area contributed by atoms with Crippen LogP contribution in [0.1, 0.15) is 239 Å². The lowest BCUT2D eigenvalue weighted by molar-refractivity contribution is -0.167. The van der Waals surface area contributed by atoms with E-state index in [1.807, 2.05) is 0 Å². The van der Waals surface area contributed by atoms with Crippen LogP contribution in [0.3, 0.4) is 0 Å². The predicted molar refractivity (Wildman–Crippen MR) is 334 cm³/mol. The number of rotatable bonds is 53. The molecular weight excluding hydrogens is 949 g/mol. The standard InChI is InChI=1S/C71H110O6/c1-4-7-10-13-16-18-20-22-24-26-28-30-32-33-34-35-36-37-39-40-42-44-46-48-50-52-55-58-61-64-70(73)76-67-68(66-75-69(72)63-60-57-54-15-12-9-6-3)77-71(74)65-62-59-56-53-51-49-47-45-43-41-38-31-29-27-25-23-21-19-17-14-11-8-5-2/h7-8,10-11,16-19,22-25,28-31,33-34,36-37,40-43,47,49,53,56,68H,4-6,9,12-15,20-21,26-27,32,35,38-39,44-46,48,50-52,54-55,57-67H2,1-3H3/b10-7-,11-8-,18-16-,19-17-,24-22-,25-23-,30-28-,31-29-,34-33-,37-36-,42-40-,43-41-,49-47-,56-53-. The molecule has 0 rings (SSSR count). The Labute approximate surface area is 472 Å². The molecule has 0 amide bonds. The number of ether oxygens (including phenoxy) is 3. The number of hydrogen-bond acceptors (Lipinski definition) is 6. The summed E-state index contributed by atoms with van der Waals surface area (Å²) >= 11 is 0. The summed E-state index contributed by atoms with van der Waals surface area (Å²) in [7, 11) is 0. The number of esters is 3. The second-order valence-corrected chi connectivity index (χ2v) is 19.5. The molecule has 430 valence electrons. The van der Waals surface area contributed by atoms with Gasteiger partial charge in [-0.2, -0.15) is 0 Å². The molecule has 0 aromatic rings. The summed E-state index contributed by atoms with van der Waals surface area (Å²) in [4.78, 5) is 38.0. The number of allylic oxidation sites excluding steroid dienone is 28. The van der Waals surface area contributed by atoms with E-state index in [4.69, 9.17) is 14.2 Å². The van der Waals surface area contributed by atoms with Gasteiger partial charge in [-0.15, -0.1) is 0 Å². The summed E-state index contributed by atoms with van der Waals surface area (Å²) in [5.74, 6) is -0.999. The van der Waals surface area contributed by atoms with E-state index in [1.54, 1.807) is 0 Å². The third-order valence-corrected chi connectivity index (χ3v) is 12.2. The van der Waals surface area contributed by atoms with Crippen LogP contribution in [-0.2, 0) is 28.6 Å². The Morgan fingerprint density at radius 2 is 0.519 bits per heavy atom. The molecule has 0 aliphatic rings. The molecule has 1 unspecified atom stereocenters. The van der Waals surface area contributed by atoms with Gasteiger partial charge in [0.05, 0.1) is 0 Å². The highest BCUT2D eigenvalue weighted by molar-refractivity contribution is 5.71. The Morgan fingerprint density at radius 3 is 0.831 bits per heavy atom. The van der Waals surface area contributed by atoms with Crippen molar-refractivity contribution in [1.82, 2.24) is 0 Å². The molecule has 0 saturated heterocycles. The molecule has 0 bridgehead atoms. The van der Waals surface area contributed by atoms with Crippen LogP contribution in [-0.4, -0.2) is 37.2 Å². The maximum atomic E-state index is 12.8. The van der Waals surface area contributed by atoms with Crippen LogP contribution < -0.4 is 0 Å². The smallest absolute Gasteiger partial charge is 0.306 e. The fourth-order valence-electron chi connectivity index (χ4n) is 7.70. The number of carbonyl (C=O) groups excluding carboxylic acids is 3. The predicted octanol–water partition coefficient (Wildman–Crippen LogP) is 21.1. The quantitative estimate of drug-likeness (QED) is 0.0261. The van der Waals surface area contributed by atoms with Crippen molar-refractivity contribution in [3.8, 4) is 0 Å². The molecule has 0 aliphatic carbocycles. The maximum Gasteiger partial charge on any atom is 0.306 e. The highest BCUT2D eigenvalue weighted by atomic mass is 16.6. The fourth-order valence-corrected chi connectivity index (χ4v) is 7.70. The number of carbonyl (C=O) groups is 3. The Bertz CT molecular complexity index is 1790. The van der Waals surface area contributed by atoms with Crippen LogP contribution in [0, 0.1) is 0 Å². The molecule has 0 N–H and O–H groups in total. The maximum absolute atomic E-state index is 12.8. The minimum absolute atomic E-state index is 0.112. The minimum Gasteiger partial charge on any atom is -0.462 e. The minimum atomic E-state index is -0.820. The van der Waals surface area contributed by atoms with Gasteiger partial charge >= 0.3 is 17.9 Å². The third kappa shape index (κ3) is 61.5. The molecule has 0 spiro atoms. The van der Waals surface area contributed by atoms with Crippen molar-refractivity contribution in [3.63, 3.8) is 0 Å². The first-order valence-corrected chi connectivity index (χ1v) is 30.6. The van der Waals surface area contributed by atoms with Gasteiger partial charge in [0.25, 0.3) is 0 Å². The average Bonchev–Trinajstić information content (AvgIpc) is 3.43. The van der Waals surface area contributed by atoms with E-state index in [2.05, 4.69) is 191 Å². The van der Waals surface area contributed by atoms with E-state index < -0.39 is 6.10 Å². The average molecular weight is 1060 g/mol. The largest absolute Gasteiger partial charge is 0.462 e. The molecule has 6 nitrogen and oxygen atoms in total. The lowest BCUT2D eigenvalue weighted by Crippen LogP contribution is -2.30.